The Morgan fingerprint density at radius 1 is 1.15 bits per heavy atom. The van der Waals surface area contributed by atoms with E-state index in [0.717, 1.165) is 28.4 Å². The molecule has 2 rings (SSSR count). The number of aliphatic imine (C=N–C) groups is 1. The molecule has 0 aliphatic heterocycles. The maximum absolute atomic E-state index is 8.88. The number of ether oxygens (including phenoxy) is 2. The Morgan fingerprint density at radius 3 is 2.33 bits per heavy atom. The largest absolute Gasteiger partial charge is 0.493 e. The molecule has 0 aliphatic carbocycles. The minimum atomic E-state index is 0.633. The van der Waals surface area contributed by atoms with Crippen LogP contribution in [0.2, 0.25) is 0 Å². The topological polar surface area (TPSA) is 69.9 Å². The molecule has 0 spiro atoms. The van der Waals surface area contributed by atoms with Crippen molar-refractivity contribution in [1.82, 2.24) is 10.2 Å². The van der Waals surface area contributed by atoms with Crippen LogP contribution < -0.4 is 14.8 Å². The van der Waals surface area contributed by atoms with Crippen molar-refractivity contribution in [2.24, 2.45) is 4.99 Å². The molecule has 1 N–H and O–H groups in total. The molecule has 0 radical (unpaired) electrons. The summed E-state index contributed by atoms with van der Waals surface area (Å²) >= 11 is 0. The standard InChI is InChI=1S/C21H26N4O2/c1-15-10-19(26-4)20(27-5)11-18(15)14-25(3)21(23-2)24-13-17-8-6-16(12-22)7-9-17/h6-11H,13-14H2,1-5H3,(H,23,24). The molecule has 0 atom stereocenters. The summed E-state index contributed by atoms with van der Waals surface area (Å²) in [6.07, 6.45) is 0. The Hall–Kier alpha value is -3.20. The van der Waals surface area contributed by atoms with Crippen LogP contribution in [0.15, 0.2) is 41.4 Å². The molecule has 0 aliphatic rings. The summed E-state index contributed by atoms with van der Waals surface area (Å²) < 4.78 is 10.8. The second-order valence-electron chi connectivity index (χ2n) is 6.20. The van der Waals surface area contributed by atoms with Crippen molar-refractivity contribution in [3.05, 3.63) is 58.7 Å². The van der Waals surface area contributed by atoms with E-state index in [1.165, 1.54) is 0 Å². The summed E-state index contributed by atoms with van der Waals surface area (Å²) in [6, 6.07) is 13.6. The minimum Gasteiger partial charge on any atom is -0.493 e. The Bertz CT molecular complexity index is 838. The summed E-state index contributed by atoms with van der Waals surface area (Å²) in [6.45, 7) is 3.37. The van der Waals surface area contributed by atoms with E-state index in [2.05, 4.69) is 28.2 Å². The molecular formula is C21H26N4O2. The fourth-order valence-corrected chi connectivity index (χ4v) is 2.79. The van der Waals surface area contributed by atoms with Gasteiger partial charge in [0.25, 0.3) is 0 Å². The Labute approximate surface area is 161 Å². The van der Waals surface area contributed by atoms with Gasteiger partial charge in [0.15, 0.2) is 17.5 Å². The Balaban J connectivity index is 2.06. The third kappa shape index (κ3) is 5.14. The summed E-state index contributed by atoms with van der Waals surface area (Å²) in [7, 11) is 7.03. The first kappa shape index (κ1) is 20.1. The van der Waals surface area contributed by atoms with Gasteiger partial charge in [0.1, 0.15) is 0 Å². The predicted molar refractivity (Wildman–Crippen MR) is 107 cm³/mol. The van der Waals surface area contributed by atoms with E-state index >= 15 is 0 Å². The van der Waals surface area contributed by atoms with Crippen LogP contribution in [0.5, 0.6) is 11.5 Å². The first-order valence-electron chi connectivity index (χ1n) is 8.64. The average Bonchev–Trinajstić information content (AvgIpc) is 2.70. The molecule has 0 fully saturated rings. The van der Waals surface area contributed by atoms with Gasteiger partial charge in [-0.25, -0.2) is 0 Å². The van der Waals surface area contributed by atoms with E-state index < -0.39 is 0 Å². The lowest BCUT2D eigenvalue weighted by atomic mass is 10.1. The van der Waals surface area contributed by atoms with Crippen molar-refractivity contribution in [2.75, 3.05) is 28.3 Å². The molecule has 6 heteroatoms. The molecule has 0 bridgehead atoms. The highest BCUT2D eigenvalue weighted by atomic mass is 16.5. The van der Waals surface area contributed by atoms with Gasteiger partial charge < -0.3 is 19.7 Å². The number of hydrogen-bond donors (Lipinski definition) is 1. The van der Waals surface area contributed by atoms with E-state index in [4.69, 9.17) is 14.7 Å². The van der Waals surface area contributed by atoms with Gasteiger partial charge in [0, 0.05) is 27.2 Å². The van der Waals surface area contributed by atoms with Gasteiger partial charge in [-0.2, -0.15) is 5.26 Å². The summed E-state index contributed by atoms with van der Waals surface area (Å²) in [5.74, 6) is 2.23. The van der Waals surface area contributed by atoms with Crippen molar-refractivity contribution >= 4 is 5.96 Å². The molecule has 0 heterocycles. The zero-order valence-electron chi connectivity index (χ0n) is 16.5. The van der Waals surface area contributed by atoms with Crippen molar-refractivity contribution in [2.45, 2.75) is 20.0 Å². The van der Waals surface area contributed by atoms with E-state index in [1.807, 2.05) is 43.4 Å². The quantitative estimate of drug-likeness (QED) is 0.628. The second kappa shape index (κ2) is 9.48. The third-order valence-electron chi connectivity index (χ3n) is 4.36. The van der Waals surface area contributed by atoms with Crippen LogP contribution in [-0.4, -0.2) is 39.2 Å². The average molecular weight is 366 g/mol. The highest BCUT2D eigenvalue weighted by Crippen LogP contribution is 2.30. The summed E-state index contributed by atoms with van der Waals surface area (Å²) in [5.41, 5.74) is 4.01. The third-order valence-corrected chi connectivity index (χ3v) is 4.36. The van der Waals surface area contributed by atoms with Crippen LogP contribution in [0.25, 0.3) is 0 Å². The number of hydrogen-bond acceptors (Lipinski definition) is 4. The van der Waals surface area contributed by atoms with Gasteiger partial charge in [0.2, 0.25) is 0 Å². The summed E-state index contributed by atoms with van der Waals surface area (Å²) in [5, 5.41) is 12.2. The van der Waals surface area contributed by atoms with Crippen LogP contribution in [-0.2, 0) is 13.1 Å². The lowest BCUT2D eigenvalue weighted by molar-refractivity contribution is 0.353. The van der Waals surface area contributed by atoms with Crippen molar-refractivity contribution in [3.63, 3.8) is 0 Å². The molecule has 2 aromatic carbocycles. The zero-order valence-corrected chi connectivity index (χ0v) is 16.5. The molecule has 0 saturated carbocycles. The number of guanidine groups is 1. The van der Waals surface area contributed by atoms with E-state index in [0.29, 0.717) is 24.4 Å². The number of aryl methyl sites for hydroxylation is 1. The normalized spacial score (nSPS) is 10.9. The minimum absolute atomic E-state index is 0.633. The first-order chi connectivity index (χ1) is 13.0. The van der Waals surface area contributed by atoms with Crippen molar-refractivity contribution in [1.29, 1.82) is 5.26 Å². The van der Waals surface area contributed by atoms with Crippen LogP contribution in [0.3, 0.4) is 0 Å². The summed E-state index contributed by atoms with van der Waals surface area (Å²) in [4.78, 5) is 6.42. The van der Waals surface area contributed by atoms with Gasteiger partial charge in [-0.3, -0.25) is 4.99 Å². The van der Waals surface area contributed by atoms with Gasteiger partial charge in [-0.05, 0) is 47.9 Å². The lowest BCUT2D eigenvalue weighted by Gasteiger charge is -2.23. The fraction of sp³-hybridized carbons (Fsp3) is 0.333. The number of nitrogens with zero attached hydrogens (tertiary/aromatic N) is 3. The molecule has 27 heavy (non-hydrogen) atoms. The number of methoxy groups -OCH3 is 2. The first-order valence-corrected chi connectivity index (χ1v) is 8.64. The number of nitrogens with one attached hydrogen (secondary N) is 1. The number of rotatable bonds is 6. The fourth-order valence-electron chi connectivity index (χ4n) is 2.79. The van der Waals surface area contributed by atoms with Crippen molar-refractivity contribution < 1.29 is 9.47 Å². The van der Waals surface area contributed by atoms with Gasteiger partial charge in [-0.1, -0.05) is 12.1 Å². The van der Waals surface area contributed by atoms with Gasteiger partial charge >= 0.3 is 0 Å². The molecule has 0 saturated heterocycles. The number of benzene rings is 2. The molecule has 0 unspecified atom stereocenters. The van der Waals surface area contributed by atoms with Crippen molar-refractivity contribution in [3.8, 4) is 17.6 Å². The SMILES string of the molecule is CN=C(NCc1ccc(C#N)cc1)N(C)Cc1cc(OC)c(OC)cc1C. The Morgan fingerprint density at radius 2 is 1.78 bits per heavy atom. The van der Waals surface area contributed by atoms with Crippen LogP contribution in [0.4, 0.5) is 0 Å². The predicted octanol–water partition coefficient (Wildman–Crippen LogP) is 3.09. The Kier molecular flexibility index (Phi) is 7.07. The van der Waals surface area contributed by atoms with Crippen LogP contribution in [0, 0.1) is 18.3 Å². The number of nitriles is 1. The monoisotopic (exact) mass is 366 g/mol. The second-order valence-corrected chi connectivity index (χ2v) is 6.20. The van der Waals surface area contributed by atoms with E-state index in [1.54, 1.807) is 21.3 Å². The molecule has 2 aromatic rings. The zero-order chi connectivity index (χ0) is 19.8. The van der Waals surface area contributed by atoms with Gasteiger partial charge in [-0.15, -0.1) is 0 Å². The maximum Gasteiger partial charge on any atom is 0.193 e. The maximum atomic E-state index is 8.88. The van der Waals surface area contributed by atoms with Crippen LogP contribution in [0.1, 0.15) is 22.3 Å². The van der Waals surface area contributed by atoms with E-state index in [-0.39, 0.29) is 0 Å². The van der Waals surface area contributed by atoms with Gasteiger partial charge in [0.05, 0.1) is 25.9 Å². The highest BCUT2D eigenvalue weighted by molar-refractivity contribution is 5.79. The highest BCUT2D eigenvalue weighted by Gasteiger charge is 2.12. The molecule has 0 aromatic heterocycles. The molecule has 6 nitrogen and oxygen atoms in total. The molecule has 142 valence electrons. The lowest BCUT2D eigenvalue weighted by Crippen LogP contribution is -2.38. The smallest absolute Gasteiger partial charge is 0.193 e. The molecule has 0 amide bonds. The molecular weight excluding hydrogens is 340 g/mol. The van der Waals surface area contributed by atoms with Crippen LogP contribution >= 0.6 is 0 Å². The van der Waals surface area contributed by atoms with E-state index in [9.17, 15) is 0 Å².